The Morgan fingerprint density at radius 3 is 2.62 bits per heavy atom. The van der Waals surface area contributed by atoms with Crippen LogP contribution in [0.2, 0.25) is 0 Å². The van der Waals surface area contributed by atoms with Crippen molar-refractivity contribution < 1.29 is 9.59 Å². The van der Waals surface area contributed by atoms with Gasteiger partial charge in [-0.1, -0.05) is 48.5 Å². The molecular weight excluding hydrogens is 328 g/mol. The summed E-state index contributed by atoms with van der Waals surface area (Å²) in [5.41, 5.74) is 2.46. The van der Waals surface area contributed by atoms with Gasteiger partial charge in [-0.25, -0.2) is 0 Å². The van der Waals surface area contributed by atoms with Gasteiger partial charge in [-0.3, -0.25) is 14.7 Å². The number of benzene rings is 2. The molecule has 1 unspecified atom stereocenters. The first-order valence-electron chi connectivity index (χ1n) is 8.49. The number of fused-ring (bicyclic) bond motifs is 4. The van der Waals surface area contributed by atoms with Gasteiger partial charge < -0.3 is 10.2 Å². The van der Waals surface area contributed by atoms with E-state index in [1.165, 1.54) is 0 Å². The summed E-state index contributed by atoms with van der Waals surface area (Å²) in [5.74, 6) is 0.234. The summed E-state index contributed by atoms with van der Waals surface area (Å²) in [7, 11) is 0. The highest BCUT2D eigenvalue weighted by Crippen LogP contribution is 2.51. The molecule has 1 spiro atoms. The van der Waals surface area contributed by atoms with Crippen LogP contribution in [0.15, 0.2) is 60.8 Å². The van der Waals surface area contributed by atoms with Crippen LogP contribution >= 0.6 is 0 Å². The lowest BCUT2D eigenvalue weighted by Gasteiger charge is -2.31. The van der Waals surface area contributed by atoms with Gasteiger partial charge in [0.25, 0.3) is 0 Å². The summed E-state index contributed by atoms with van der Waals surface area (Å²) in [4.78, 5) is 27.8. The number of amides is 2. The van der Waals surface area contributed by atoms with Crippen molar-refractivity contribution in [3.05, 3.63) is 77.5 Å². The van der Waals surface area contributed by atoms with E-state index in [1.54, 1.807) is 11.1 Å². The van der Waals surface area contributed by atoms with Crippen LogP contribution in [0.3, 0.4) is 0 Å². The minimum atomic E-state index is -1.02. The molecule has 26 heavy (non-hydrogen) atoms. The van der Waals surface area contributed by atoms with E-state index in [0.717, 1.165) is 22.4 Å². The van der Waals surface area contributed by atoms with Crippen molar-refractivity contribution in [2.24, 2.45) is 0 Å². The number of rotatable bonds is 2. The molecule has 6 nitrogen and oxygen atoms in total. The number of anilines is 2. The molecular formula is C20H16N4O2. The van der Waals surface area contributed by atoms with E-state index < -0.39 is 5.41 Å². The van der Waals surface area contributed by atoms with Crippen molar-refractivity contribution in [3.63, 3.8) is 0 Å². The van der Waals surface area contributed by atoms with Crippen molar-refractivity contribution in [3.8, 4) is 0 Å². The van der Waals surface area contributed by atoms with Gasteiger partial charge in [0.15, 0.2) is 0 Å². The maximum absolute atomic E-state index is 13.7. The molecule has 2 N–H and O–H groups in total. The van der Waals surface area contributed by atoms with E-state index in [1.807, 2.05) is 54.6 Å². The molecule has 0 saturated heterocycles. The first-order valence-corrected chi connectivity index (χ1v) is 8.49. The van der Waals surface area contributed by atoms with Crippen molar-refractivity contribution in [2.45, 2.75) is 18.4 Å². The topological polar surface area (TPSA) is 78.1 Å². The second-order valence-corrected chi connectivity index (χ2v) is 6.68. The van der Waals surface area contributed by atoms with Crippen molar-refractivity contribution in [1.82, 2.24) is 10.2 Å². The van der Waals surface area contributed by atoms with Gasteiger partial charge in [0.1, 0.15) is 11.2 Å². The van der Waals surface area contributed by atoms with E-state index in [2.05, 4.69) is 15.5 Å². The van der Waals surface area contributed by atoms with Crippen molar-refractivity contribution >= 4 is 23.3 Å². The molecule has 0 fully saturated rings. The molecule has 1 aromatic heterocycles. The SMILES string of the molecule is O=C1CC2(C(=O)N(Cc3ccccc3)c3ccccc32)c2cn[nH]c2N1. The molecule has 2 amide bonds. The van der Waals surface area contributed by atoms with Crippen LogP contribution in [0, 0.1) is 0 Å². The summed E-state index contributed by atoms with van der Waals surface area (Å²) < 4.78 is 0. The maximum Gasteiger partial charge on any atom is 0.243 e. The molecule has 3 aromatic rings. The van der Waals surface area contributed by atoms with Crippen LogP contribution in [0.4, 0.5) is 11.5 Å². The Balaban J connectivity index is 1.70. The van der Waals surface area contributed by atoms with Gasteiger partial charge in [0, 0.05) is 17.7 Å². The number of aromatic amines is 1. The Morgan fingerprint density at radius 2 is 1.77 bits per heavy atom. The number of para-hydroxylation sites is 1. The molecule has 0 bridgehead atoms. The molecule has 5 rings (SSSR count). The largest absolute Gasteiger partial charge is 0.311 e. The molecule has 2 aromatic carbocycles. The zero-order valence-electron chi connectivity index (χ0n) is 13.9. The average Bonchev–Trinajstić information content (AvgIpc) is 3.21. The summed E-state index contributed by atoms with van der Waals surface area (Å²) in [6.07, 6.45) is 1.73. The third-order valence-electron chi connectivity index (χ3n) is 5.24. The smallest absolute Gasteiger partial charge is 0.243 e. The lowest BCUT2D eigenvalue weighted by atomic mass is 9.72. The lowest BCUT2D eigenvalue weighted by Crippen LogP contribution is -2.46. The number of hydrogen-bond donors (Lipinski definition) is 2. The molecule has 0 radical (unpaired) electrons. The monoisotopic (exact) mass is 344 g/mol. The van der Waals surface area contributed by atoms with E-state index in [0.29, 0.717) is 12.4 Å². The minimum absolute atomic E-state index is 0.0833. The summed E-state index contributed by atoms with van der Waals surface area (Å²) in [6, 6.07) is 17.6. The third-order valence-corrected chi connectivity index (χ3v) is 5.24. The van der Waals surface area contributed by atoms with Gasteiger partial charge in [0.05, 0.1) is 12.7 Å². The van der Waals surface area contributed by atoms with Gasteiger partial charge in [-0.15, -0.1) is 0 Å². The fraction of sp³-hybridized carbons (Fsp3) is 0.150. The number of nitrogens with zero attached hydrogens (tertiary/aromatic N) is 2. The minimum Gasteiger partial charge on any atom is -0.311 e. The van der Waals surface area contributed by atoms with Gasteiger partial charge >= 0.3 is 0 Å². The second kappa shape index (κ2) is 5.29. The molecule has 3 heterocycles. The summed E-state index contributed by atoms with van der Waals surface area (Å²) in [6.45, 7) is 0.466. The van der Waals surface area contributed by atoms with Crippen molar-refractivity contribution in [2.75, 3.05) is 10.2 Å². The Kier molecular flexibility index (Phi) is 3.03. The molecule has 1 atom stereocenters. The van der Waals surface area contributed by atoms with Crippen molar-refractivity contribution in [1.29, 1.82) is 0 Å². The van der Waals surface area contributed by atoms with E-state index >= 15 is 0 Å². The predicted molar refractivity (Wildman–Crippen MR) is 96.7 cm³/mol. The predicted octanol–water partition coefficient (Wildman–Crippen LogP) is 2.58. The first kappa shape index (κ1) is 14.9. The van der Waals surface area contributed by atoms with Gasteiger partial charge in [-0.05, 0) is 17.2 Å². The fourth-order valence-electron chi connectivity index (χ4n) is 4.10. The Hall–Kier alpha value is -3.41. The zero-order chi connectivity index (χ0) is 17.7. The van der Waals surface area contributed by atoms with E-state index in [4.69, 9.17) is 0 Å². The first-order chi connectivity index (χ1) is 12.7. The highest BCUT2D eigenvalue weighted by molar-refractivity contribution is 6.15. The Morgan fingerprint density at radius 1 is 1.00 bits per heavy atom. The summed E-state index contributed by atoms with van der Waals surface area (Å²) in [5, 5.41) is 9.64. The van der Waals surface area contributed by atoms with Crippen LogP contribution < -0.4 is 10.2 Å². The number of nitrogens with one attached hydrogen (secondary N) is 2. The highest BCUT2D eigenvalue weighted by atomic mass is 16.2. The highest BCUT2D eigenvalue weighted by Gasteiger charge is 2.56. The molecule has 0 saturated carbocycles. The second-order valence-electron chi connectivity index (χ2n) is 6.68. The standard InChI is InChI=1S/C20H16N4O2/c25-17-10-20(15-11-21-23-18(15)22-17)14-8-4-5-9-16(14)24(19(20)26)12-13-6-2-1-3-7-13/h1-9,11H,10,12H2,(H2,21,22,23,25). The number of carbonyl (C=O) groups excluding carboxylic acids is 2. The average molecular weight is 344 g/mol. The molecule has 128 valence electrons. The van der Waals surface area contributed by atoms with Crippen LogP contribution in [0.1, 0.15) is 23.1 Å². The quantitative estimate of drug-likeness (QED) is 0.750. The summed E-state index contributed by atoms with van der Waals surface area (Å²) >= 11 is 0. The Labute approximate surface area is 149 Å². The van der Waals surface area contributed by atoms with Crippen LogP contribution in [0.25, 0.3) is 0 Å². The Bertz CT molecular complexity index is 1030. The number of aromatic nitrogens is 2. The zero-order valence-corrected chi connectivity index (χ0v) is 13.9. The maximum atomic E-state index is 13.7. The van der Waals surface area contributed by atoms with Gasteiger partial charge in [-0.2, -0.15) is 5.10 Å². The van der Waals surface area contributed by atoms with Gasteiger partial charge in [0.2, 0.25) is 11.8 Å². The number of H-pyrrole nitrogens is 1. The van der Waals surface area contributed by atoms with Crippen LogP contribution in [-0.2, 0) is 21.5 Å². The third kappa shape index (κ3) is 1.89. The fourth-order valence-corrected chi connectivity index (χ4v) is 4.10. The normalized spacial score (nSPS) is 20.8. The molecule has 6 heteroatoms. The molecule has 2 aliphatic heterocycles. The van der Waals surface area contributed by atoms with E-state index in [9.17, 15) is 9.59 Å². The van der Waals surface area contributed by atoms with Crippen LogP contribution in [-0.4, -0.2) is 22.0 Å². The van der Waals surface area contributed by atoms with Crippen LogP contribution in [0.5, 0.6) is 0 Å². The molecule has 2 aliphatic rings. The van der Waals surface area contributed by atoms with E-state index in [-0.39, 0.29) is 18.2 Å². The lowest BCUT2D eigenvalue weighted by molar-refractivity contribution is -0.126. The molecule has 0 aliphatic carbocycles. The number of hydrogen-bond acceptors (Lipinski definition) is 3. The number of carbonyl (C=O) groups is 2.